The van der Waals surface area contributed by atoms with Crippen LogP contribution < -0.4 is 20.7 Å². The second kappa shape index (κ2) is 9.82. The first-order chi connectivity index (χ1) is 16.6. The molecule has 8 nitrogen and oxygen atoms in total. The van der Waals surface area contributed by atoms with E-state index in [0.29, 0.717) is 29.3 Å². The number of aromatic nitrogens is 1. The van der Waals surface area contributed by atoms with Crippen molar-refractivity contribution in [2.45, 2.75) is 19.9 Å². The molecule has 176 valence electrons. The molecule has 0 bridgehead atoms. The third kappa shape index (κ3) is 4.76. The van der Waals surface area contributed by atoms with Crippen LogP contribution in [0, 0.1) is 6.92 Å². The van der Waals surface area contributed by atoms with Gasteiger partial charge in [0.05, 0.1) is 18.9 Å². The zero-order chi connectivity index (χ0) is 23.5. The smallest absolute Gasteiger partial charge is 0.281 e. The van der Waals surface area contributed by atoms with Crippen LogP contribution in [0.3, 0.4) is 0 Å². The van der Waals surface area contributed by atoms with E-state index in [4.69, 9.17) is 4.74 Å². The fraction of sp³-hybridized carbons (Fsp3) is 0.320. The Morgan fingerprint density at radius 3 is 2.38 bits per heavy atom. The second-order valence-corrected chi connectivity index (χ2v) is 9.38. The van der Waals surface area contributed by atoms with Crippen molar-refractivity contribution in [3.8, 4) is 0 Å². The number of nitrogens with zero attached hydrogens (tertiary/aromatic N) is 3. The molecule has 34 heavy (non-hydrogen) atoms. The number of morpholine rings is 1. The quantitative estimate of drug-likeness (QED) is 0.562. The minimum absolute atomic E-state index is 0.362. The monoisotopic (exact) mass is 477 g/mol. The van der Waals surface area contributed by atoms with Gasteiger partial charge in [0.2, 0.25) is 0 Å². The van der Waals surface area contributed by atoms with Crippen LogP contribution in [-0.4, -0.2) is 49.6 Å². The minimum atomic E-state index is -0.369. The van der Waals surface area contributed by atoms with Crippen LogP contribution in [-0.2, 0) is 17.7 Å². The predicted molar refractivity (Wildman–Crippen MR) is 132 cm³/mol. The molecule has 3 aromatic rings. The Morgan fingerprint density at radius 2 is 1.62 bits per heavy atom. The number of benzene rings is 2. The average Bonchev–Trinajstić information content (AvgIpc) is 3.29. The van der Waals surface area contributed by atoms with Crippen LogP contribution in [0.2, 0.25) is 0 Å². The van der Waals surface area contributed by atoms with Crippen molar-refractivity contribution in [3.05, 3.63) is 75.8 Å². The lowest BCUT2D eigenvalue weighted by molar-refractivity contribution is 0.0848. The van der Waals surface area contributed by atoms with Gasteiger partial charge in [-0.05, 0) is 48.7 Å². The van der Waals surface area contributed by atoms with E-state index in [-0.39, 0.29) is 11.8 Å². The lowest BCUT2D eigenvalue weighted by Gasteiger charge is -2.30. The SMILES string of the molecule is Cc1nc(N2CCOCC2)sc1C(=O)NNC(=O)c1ccc(N2CCc3ccccc3C2)cc1. The summed E-state index contributed by atoms with van der Waals surface area (Å²) in [6, 6.07) is 16.0. The molecule has 0 saturated carbocycles. The van der Waals surface area contributed by atoms with E-state index in [9.17, 15) is 9.59 Å². The third-order valence-corrected chi connectivity index (χ3v) is 7.40. The van der Waals surface area contributed by atoms with Crippen LogP contribution >= 0.6 is 11.3 Å². The summed E-state index contributed by atoms with van der Waals surface area (Å²) in [7, 11) is 0. The molecule has 9 heteroatoms. The molecule has 5 rings (SSSR count). The van der Waals surface area contributed by atoms with Crippen molar-refractivity contribution in [2.75, 3.05) is 42.6 Å². The Hall–Kier alpha value is -3.43. The summed E-state index contributed by atoms with van der Waals surface area (Å²) in [6.07, 6.45) is 1.01. The van der Waals surface area contributed by atoms with Gasteiger partial charge in [-0.3, -0.25) is 20.4 Å². The van der Waals surface area contributed by atoms with Crippen molar-refractivity contribution in [3.63, 3.8) is 0 Å². The van der Waals surface area contributed by atoms with Crippen LogP contribution in [0.15, 0.2) is 48.5 Å². The maximum absolute atomic E-state index is 12.7. The number of carbonyl (C=O) groups excluding carboxylic acids is 2. The molecule has 2 aliphatic rings. The highest BCUT2D eigenvalue weighted by Gasteiger charge is 2.21. The summed E-state index contributed by atoms with van der Waals surface area (Å²) < 4.78 is 5.37. The molecule has 1 fully saturated rings. The number of hydrogen-bond acceptors (Lipinski definition) is 7. The Bertz CT molecular complexity index is 1190. The van der Waals surface area contributed by atoms with Gasteiger partial charge >= 0.3 is 0 Å². The lowest BCUT2D eigenvalue weighted by Crippen LogP contribution is -2.41. The van der Waals surface area contributed by atoms with Gasteiger partial charge in [0, 0.05) is 37.4 Å². The van der Waals surface area contributed by atoms with Crippen LogP contribution in [0.1, 0.15) is 36.9 Å². The van der Waals surface area contributed by atoms with Gasteiger partial charge in [0.1, 0.15) is 4.88 Å². The average molecular weight is 478 g/mol. The Balaban J connectivity index is 1.17. The number of thiazole rings is 1. The zero-order valence-corrected chi connectivity index (χ0v) is 19.9. The first-order valence-corrected chi connectivity index (χ1v) is 12.2. The van der Waals surface area contributed by atoms with Gasteiger partial charge in [-0.25, -0.2) is 4.98 Å². The molecule has 1 saturated heterocycles. The normalized spacial score (nSPS) is 15.6. The summed E-state index contributed by atoms with van der Waals surface area (Å²) in [4.78, 5) is 34.7. The summed E-state index contributed by atoms with van der Waals surface area (Å²) >= 11 is 1.32. The number of ether oxygens (including phenoxy) is 1. The molecular formula is C25H27N5O3S. The summed E-state index contributed by atoms with van der Waals surface area (Å²) in [5, 5.41) is 0.799. The maximum Gasteiger partial charge on any atom is 0.281 e. The molecule has 0 unspecified atom stereocenters. The highest BCUT2D eigenvalue weighted by molar-refractivity contribution is 7.17. The van der Waals surface area contributed by atoms with Crippen molar-refractivity contribution >= 4 is 34.0 Å². The van der Waals surface area contributed by atoms with Crippen molar-refractivity contribution in [1.82, 2.24) is 15.8 Å². The van der Waals surface area contributed by atoms with Gasteiger partial charge in [0.15, 0.2) is 5.13 Å². The van der Waals surface area contributed by atoms with Crippen LogP contribution in [0.4, 0.5) is 10.8 Å². The highest BCUT2D eigenvalue weighted by Crippen LogP contribution is 2.27. The fourth-order valence-electron chi connectivity index (χ4n) is 4.26. The molecule has 3 heterocycles. The predicted octanol–water partition coefficient (Wildman–Crippen LogP) is 2.93. The van der Waals surface area contributed by atoms with Crippen LogP contribution in [0.25, 0.3) is 0 Å². The molecule has 2 N–H and O–H groups in total. The molecule has 1 aromatic heterocycles. The van der Waals surface area contributed by atoms with Crippen molar-refractivity contribution in [2.24, 2.45) is 0 Å². The number of hydrazine groups is 1. The number of anilines is 2. The fourth-order valence-corrected chi connectivity index (χ4v) is 5.28. The first kappa shape index (κ1) is 22.4. The molecule has 0 radical (unpaired) electrons. The van der Waals surface area contributed by atoms with E-state index in [2.05, 4.69) is 49.9 Å². The highest BCUT2D eigenvalue weighted by atomic mass is 32.1. The number of carbonyl (C=O) groups is 2. The van der Waals surface area contributed by atoms with Gasteiger partial charge in [-0.1, -0.05) is 35.6 Å². The molecule has 2 aromatic carbocycles. The molecule has 0 spiro atoms. The van der Waals surface area contributed by atoms with Crippen molar-refractivity contribution < 1.29 is 14.3 Å². The van der Waals surface area contributed by atoms with Crippen molar-refractivity contribution in [1.29, 1.82) is 0 Å². The summed E-state index contributed by atoms with van der Waals surface area (Å²) in [5.74, 6) is -0.731. The van der Waals surface area contributed by atoms with E-state index < -0.39 is 0 Å². The molecule has 2 amide bonds. The number of hydrogen-bond donors (Lipinski definition) is 2. The molecule has 2 aliphatic heterocycles. The van der Waals surface area contributed by atoms with Gasteiger partial charge in [0.25, 0.3) is 11.8 Å². The Morgan fingerprint density at radius 1 is 0.912 bits per heavy atom. The molecule has 0 atom stereocenters. The summed E-state index contributed by atoms with van der Waals surface area (Å²) in [5.41, 5.74) is 9.98. The lowest BCUT2D eigenvalue weighted by atomic mass is 9.99. The number of rotatable bonds is 4. The van der Waals surface area contributed by atoms with Crippen LogP contribution in [0.5, 0.6) is 0 Å². The summed E-state index contributed by atoms with van der Waals surface area (Å²) in [6.45, 7) is 6.42. The largest absolute Gasteiger partial charge is 0.378 e. The first-order valence-electron chi connectivity index (χ1n) is 11.4. The van der Waals surface area contributed by atoms with E-state index >= 15 is 0 Å². The maximum atomic E-state index is 12.7. The molecule has 0 aliphatic carbocycles. The van der Waals surface area contributed by atoms with E-state index in [1.165, 1.54) is 22.5 Å². The Kier molecular flexibility index (Phi) is 6.46. The van der Waals surface area contributed by atoms with E-state index in [0.717, 1.165) is 43.4 Å². The number of nitrogens with one attached hydrogen (secondary N) is 2. The number of aryl methyl sites for hydroxylation is 1. The van der Waals surface area contributed by atoms with Gasteiger partial charge in [-0.2, -0.15) is 0 Å². The standard InChI is InChI=1S/C25H27N5O3S/c1-17-22(34-25(26-17)29-12-14-33-15-13-29)24(32)28-27-23(31)19-6-8-21(9-7-19)30-11-10-18-4-2-3-5-20(18)16-30/h2-9H,10-16H2,1H3,(H,27,31)(H,28,32). The number of amides is 2. The zero-order valence-electron chi connectivity index (χ0n) is 19.0. The third-order valence-electron chi connectivity index (χ3n) is 6.19. The molecular weight excluding hydrogens is 450 g/mol. The van der Waals surface area contributed by atoms with E-state index in [1.807, 2.05) is 12.1 Å². The van der Waals surface area contributed by atoms with Gasteiger partial charge in [-0.15, -0.1) is 0 Å². The minimum Gasteiger partial charge on any atom is -0.378 e. The van der Waals surface area contributed by atoms with E-state index in [1.54, 1.807) is 19.1 Å². The Labute approximate surface area is 202 Å². The van der Waals surface area contributed by atoms with Gasteiger partial charge < -0.3 is 14.5 Å². The number of fused-ring (bicyclic) bond motifs is 1. The second-order valence-electron chi connectivity index (χ2n) is 8.41. The topological polar surface area (TPSA) is 86.8 Å².